The summed E-state index contributed by atoms with van der Waals surface area (Å²) in [5, 5.41) is 12.2. The monoisotopic (exact) mass is 912 g/mol. The van der Waals surface area contributed by atoms with Crippen LogP contribution in [0.2, 0.25) is 0 Å². The van der Waals surface area contributed by atoms with Crippen molar-refractivity contribution in [2.24, 2.45) is 0 Å². The molecule has 0 bridgehead atoms. The van der Waals surface area contributed by atoms with E-state index < -0.39 is 0 Å². The van der Waals surface area contributed by atoms with Gasteiger partial charge in [0, 0.05) is 64.7 Å². The molecule has 0 aliphatic rings. The number of hydrogen-bond acceptors (Lipinski definition) is 2. The largest absolute Gasteiger partial charge is 0.310 e. The van der Waals surface area contributed by atoms with Crippen molar-refractivity contribution in [3.63, 3.8) is 0 Å². The molecule has 2 aromatic heterocycles. The van der Waals surface area contributed by atoms with Gasteiger partial charge in [0.1, 0.15) is 5.82 Å². The van der Waals surface area contributed by atoms with Gasteiger partial charge in [0.05, 0.1) is 16.7 Å². The lowest BCUT2D eigenvalue weighted by Crippen LogP contribution is -2.11. The summed E-state index contributed by atoms with van der Waals surface area (Å²) in [6.07, 6.45) is 0. The summed E-state index contributed by atoms with van der Waals surface area (Å²) >= 11 is 1.85. The molecule has 12 aromatic carbocycles. The molecule has 0 atom stereocenters. The first-order valence-corrected chi connectivity index (χ1v) is 24.6. The Hall–Kier alpha value is -8.83. The quantitative estimate of drug-likeness (QED) is 0.145. The summed E-state index contributed by atoms with van der Waals surface area (Å²) in [4.78, 5) is 2.35. The molecule has 0 fully saturated rings. The van der Waals surface area contributed by atoms with Crippen molar-refractivity contribution in [2.45, 2.75) is 0 Å². The number of nitrogens with zero attached hydrogens (tertiary/aromatic N) is 2. The van der Waals surface area contributed by atoms with E-state index in [-0.39, 0.29) is 5.82 Å². The Kier molecular flexibility index (Phi) is 9.29. The van der Waals surface area contributed by atoms with Crippen molar-refractivity contribution in [3.8, 4) is 39.1 Å². The highest BCUT2D eigenvalue weighted by molar-refractivity contribution is 7.26. The van der Waals surface area contributed by atoms with Crippen molar-refractivity contribution in [1.29, 1.82) is 0 Å². The number of fused-ring (bicyclic) bond motifs is 11. The first-order chi connectivity index (χ1) is 34.6. The Balaban J connectivity index is 0.993. The molecule has 2 heterocycles. The molecule has 0 amide bonds. The molecule has 2 nitrogen and oxygen atoms in total. The van der Waals surface area contributed by atoms with Crippen LogP contribution in [0.4, 0.5) is 21.5 Å². The number of rotatable bonds is 7. The Bertz CT molecular complexity index is 4390. The smallest absolute Gasteiger partial charge is 0.131 e. The molecule has 328 valence electrons. The molecule has 0 radical (unpaired) electrons. The summed E-state index contributed by atoms with van der Waals surface area (Å²) in [5.74, 6) is -0.248. The van der Waals surface area contributed by atoms with Crippen molar-refractivity contribution in [1.82, 2.24) is 4.57 Å². The van der Waals surface area contributed by atoms with E-state index in [0.717, 1.165) is 55.9 Å². The van der Waals surface area contributed by atoms with E-state index in [2.05, 4.69) is 222 Å². The highest BCUT2D eigenvalue weighted by Gasteiger charge is 2.23. The number of anilines is 3. The van der Waals surface area contributed by atoms with Crippen LogP contribution in [-0.4, -0.2) is 4.57 Å². The zero-order chi connectivity index (χ0) is 46.3. The first kappa shape index (κ1) is 40.3. The molecule has 14 rings (SSSR count). The normalized spacial score (nSPS) is 11.8. The fraction of sp³-hybridized carbons (Fsp3) is 0. The van der Waals surface area contributed by atoms with Gasteiger partial charge in [-0.1, -0.05) is 188 Å². The summed E-state index contributed by atoms with van der Waals surface area (Å²) in [7, 11) is 0. The van der Waals surface area contributed by atoms with E-state index in [4.69, 9.17) is 0 Å². The van der Waals surface area contributed by atoms with Crippen molar-refractivity contribution in [3.05, 3.63) is 255 Å². The molecular weight excluding hydrogens is 872 g/mol. The van der Waals surface area contributed by atoms with E-state index in [1.165, 1.54) is 75.1 Å². The average molecular weight is 913 g/mol. The van der Waals surface area contributed by atoms with Crippen LogP contribution in [0.15, 0.2) is 249 Å². The van der Waals surface area contributed by atoms with Gasteiger partial charge >= 0.3 is 0 Å². The average Bonchev–Trinajstić information content (AvgIpc) is 3.97. The Morgan fingerprint density at radius 1 is 0.357 bits per heavy atom. The van der Waals surface area contributed by atoms with Gasteiger partial charge in [-0.3, -0.25) is 0 Å². The van der Waals surface area contributed by atoms with Crippen LogP contribution in [0.1, 0.15) is 0 Å². The van der Waals surface area contributed by atoms with Gasteiger partial charge in [0.25, 0.3) is 0 Å². The Labute approximate surface area is 408 Å². The molecule has 0 aliphatic carbocycles. The minimum atomic E-state index is -0.248. The topological polar surface area (TPSA) is 8.17 Å². The van der Waals surface area contributed by atoms with E-state index >= 15 is 4.39 Å². The molecule has 0 N–H and O–H groups in total. The van der Waals surface area contributed by atoms with Crippen LogP contribution < -0.4 is 4.90 Å². The molecule has 4 heteroatoms. The van der Waals surface area contributed by atoms with Gasteiger partial charge < -0.3 is 9.47 Å². The lowest BCUT2D eigenvalue weighted by Gasteiger charge is -2.29. The summed E-state index contributed by atoms with van der Waals surface area (Å²) in [6.45, 7) is 0. The van der Waals surface area contributed by atoms with Crippen molar-refractivity contribution in [2.75, 3.05) is 4.90 Å². The van der Waals surface area contributed by atoms with Crippen LogP contribution in [0.5, 0.6) is 0 Å². The second-order valence-corrected chi connectivity index (χ2v) is 19.2. The molecule has 0 saturated carbocycles. The fourth-order valence-corrected chi connectivity index (χ4v) is 12.3. The standard InChI is InChI=1S/C66H41FN2S/c67-60-27-9-6-21-51(60)44-18-12-19-46(39-44)68(47-33-37-50-45(40-47)32-36-53-49-20-5-4-17-43(49)31-35-54(50)53)61-28-10-7-22-55(61)57-25-13-26-58-56-23-8-11-29-62(56)69(66(57)58)48-34-38-59-64(41-48)70-63-30-14-24-52(65(59)63)42-15-2-1-3-16-42/h1-41H. The second kappa shape index (κ2) is 16.2. The zero-order valence-corrected chi connectivity index (χ0v) is 38.7. The second-order valence-electron chi connectivity index (χ2n) is 18.1. The number of thiophene rings is 1. The van der Waals surface area contributed by atoms with E-state index in [9.17, 15) is 0 Å². The van der Waals surface area contributed by atoms with Crippen LogP contribution in [0.25, 0.3) is 113 Å². The van der Waals surface area contributed by atoms with Gasteiger partial charge in [-0.15, -0.1) is 11.3 Å². The predicted molar refractivity (Wildman–Crippen MR) is 297 cm³/mol. The third kappa shape index (κ3) is 6.38. The minimum Gasteiger partial charge on any atom is -0.310 e. The molecule has 0 unspecified atom stereocenters. The van der Waals surface area contributed by atoms with Gasteiger partial charge in [-0.2, -0.15) is 0 Å². The summed E-state index contributed by atoms with van der Waals surface area (Å²) in [5.41, 5.74) is 12.4. The van der Waals surface area contributed by atoms with Crippen LogP contribution in [-0.2, 0) is 0 Å². The van der Waals surface area contributed by atoms with Gasteiger partial charge in [-0.25, -0.2) is 4.39 Å². The molecular formula is C66H41FN2S. The Morgan fingerprint density at radius 3 is 1.87 bits per heavy atom. The molecule has 70 heavy (non-hydrogen) atoms. The lowest BCUT2D eigenvalue weighted by molar-refractivity contribution is 0.631. The van der Waals surface area contributed by atoms with Crippen LogP contribution >= 0.6 is 11.3 Å². The number of hydrogen-bond donors (Lipinski definition) is 0. The predicted octanol–water partition coefficient (Wildman–Crippen LogP) is 19.2. The number of para-hydroxylation sites is 3. The van der Waals surface area contributed by atoms with E-state index in [1.807, 2.05) is 35.6 Å². The third-order valence-corrected chi connectivity index (χ3v) is 15.3. The van der Waals surface area contributed by atoms with Crippen molar-refractivity contribution < 1.29 is 4.39 Å². The fourth-order valence-electron chi connectivity index (χ4n) is 11.1. The third-order valence-electron chi connectivity index (χ3n) is 14.2. The summed E-state index contributed by atoms with van der Waals surface area (Å²) in [6, 6.07) is 88.4. The maximum atomic E-state index is 15.6. The van der Waals surface area contributed by atoms with Gasteiger partial charge in [0.2, 0.25) is 0 Å². The number of halogens is 1. The number of benzene rings is 12. The zero-order valence-electron chi connectivity index (χ0n) is 37.9. The lowest BCUT2D eigenvalue weighted by atomic mass is 9.96. The first-order valence-electron chi connectivity index (χ1n) is 23.8. The van der Waals surface area contributed by atoms with Gasteiger partial charge in [-0.05, 0) is 110 Å². The van der Waals surface area contributed by atoms with E-state index in [0.29, 0.717) is 5.56 Å². The maximum Gasteiger partial charge on any atom is 0.131 e. The Morgan fingerprint density at radius 2 is 0.986 bits per heavy atom. The minimum absolute atomic E-state index is 0.248. The highest BCUT2D eigenvalue weighted by atomic mass is 32.1. The summed E-state index contributed by atoms with van der Waals surface area (Å²) < 4.78 is 20.6. The molecule has 0 aliphatic heterocycles. The van der Waals surface area contributed by atoms with Crippen LogP contribution in [0, 0.1) is 5.82 Å². The highest BCUT2D eigenvalue weighted by Crippen LogP contribution is 2.48. The number of aromatic nitrogens is 1. The SMILES string of the molecule is Fc1ccccc1-c1cccc(N(c2ccc3c(ccc4c5ccccc5ccc34)c2)c2ccccc2-c2cccc3c4ccccc4n(-c4ccc5c(c4)sc4cccc(-c6ccccc6)c45)c23)c1. The van der Waals surface area contributed by atoms with Crippen LogP contribution in [0.3, 0.4) is 0 Å². The molecule has 0 spiro atoms. The maximum absolute atomic E-state index is 15.6. The van der Waals surface area contributed by atoms with E-state index in [1.54, 1.807) is 6.07 Å². The molecule has 0 saturated heterocycles. The molecule has 14 aromatic rings. The van der Waals surface area contributed by atoms with Crippen molar-refractivity contribution >= 4 is 103 Å². The van der Waals surface area contributed by atoms with Gasteiger partial charge in [0.15, 0.2) is 0 Å².